The second-order valence-corrected chi connectivity index (χ2v) is 5.62. The van der Waals surface area contributed by atoms with Crippen molar-refractivity contribution in [3.8, 4) is 0 Å². The molecule has 5 heteroatoms. The first kappa shape index (κ1) is 15.5. The van der Waals surface area contributed by atoms with Crippen molar-refractivity contribution in [2.24, 2.45) is 5.92 Å². The number of carbonyl (C=O) groups excluding carboxylic acids is 1. The lowest BCUT2D eigenvalue weighted by atomic mass is 9.94. The van der Waals surface area contributed by atoms with Gasteiger partial charge in [-0.15, -0.1) is 0 Å². The van der Waals surface area contributed by atoms with Crippen molar-refractivity contribution in [1.29, 1.82) is 0 Å². The Morgan fingerprint density at radius 3 is 2.52 bits per heavy atom. The van der Waals surface area contributed by atoms with Crippen LogP contribution in [0.4, 0.5) is 4.39 Å². The molecule has 0 unspecified atom stereocenters. The molecule has 2 rings (SSSR count). The van der Waals surface area contributed by atoms with Crippen molar-refractivity contribution in [1.82, 2.24) is 4.90 Å². The number of aliphatic carboxylic acids is 1. The number of halogens is 1. The van der Waals surface area contributed by atoms with Gasteiger partial charge in [-0.3, -0.25) is 9.59 Å². The SMILES string of the molecule is C[C@H](CC(=O)N1CCC(C(=O)O)CC1)c1ccccc1F. The van der Waals surface area contributed by atoms with Crippen molar-refractivity contribution in [2.75, 3.05) is 13.1 Å². The largest absolute Gasteiger partial charge is 0.481 e. The molecule has 0 spiro atoms. The number of amides is 1. The maximum Gasteiger partial charge on any atom is 0.306 e. The molecule has 1 aliphatic heterocycles. The highest BCUT2D eigenvalue weighted by molar-refractivity contribution is 5.77. The number of benzene rings is 1. The van der Waals surface area contributed by atoms with E-state index < -0.39 is 5.97 Å². The van der Waals surface area contributed by atoms with Gasteiger partial charge in [0.05, 0.1) is 5.92 Å². The molecule has 1 aliphatic rings. The van der Waals surface area contributed by atoms with Crippen LogP contribution >= 0.6 is 0 Å². The van der Waals surface area contributed by atoms with E-state index in [9.17, 15) is 14.0 Å². The Balaban J connectivity index is 1.90. The maximum absolute atomic E-state index is 13.7. The summed E-state index contributed by atoms with van der Waals surface area (Å²) in [6.45, 7) is 2.78. The number of carbonyl (C=O) groups is 2. The van der Waals surface area contributed by atoms with Crippen molar-refractivity contribution in [3.05, 3.63) is 35.6 Å². The van der Waals surface area contributed by atoms with Crippen molar-refractivity contribution in [2.45, 2.75) is 32.1 Å². The summed E-state index contributed by atoms with van der Waals surface area (Å²) in [7, 11) is 0. The fourth-order valence-corrected chi connectivity index (χ4v) is 2.75. The quantitative estimate of drug-likeness (QED) is 0.928. The fraction of sp³-hybridized carbons (Fsp3) is 0.500. The van der Waals surface area contributed by atoms with E-state index in [2.05, 4.69) is 0 Å². The van der Waals surface area contributed by atoms with Crippen LogP contribution in [0.5, 0.6) is 0 Å². The minimum Gasteiger partial charge on any atom is -0.481 e. The first-order chi connectivity index (χ1) is 9.99. The Labute approximate surface area is 123 Å². The molecule has 0 aromatic heterocycles. The molecule has 1 fully saturated rings. The highest BCUT2D eigenvalue weighted by Crippen LogP contribution is 2.24. The molecule has 1 atom stereocenters. The van der Waals surface area contributed by atoms with Crippen LogP contribution < -0.4 is 0 Å². The number of carboxylic acids is 1. The van der Waals surface area contributed by atoms with Gasteiger partial charge in [-0.25, -0.2) is 4.39 Å². The molecule has 21 heavy (non-hydrogen) atoms. The number of piperidine rings is 1. The fourth-order valence-electron chi connectivity index (χ4n) is 2.75. The average molecular weight is 293 g/mol. The van der Waals surface area contributed by atoms with Gasteiger partial charge in [-0.2, -0.15) is 0 Å². The number of hydrogen-bond acceptors (Lipinski definition) is 2. The number of rotatable bonds is 4. The van der Waals surface area contributed by atoms with Crippen LogP contribution in [0.1, 0.15) is 37.7 Å². The summed E-state index contributed by atoms with van der Waals surface area (Å²) >= 11 is 0. The van der Waals surface area contributed by atoms with Gasteiger partial charge in [0.1, 0.15) is 5.82 Å². The molecule has 0 saturated carbocycles. The molecule has 1 heterocycles. The van der Waals surface area contributed by atoms with Gasteiger partial charge in [0, 0.05) is 19.5 Å². The molecule has 0 aliphatic carbocycles. The minimum absolute atomic E-state index is 0.0328. The lowest BCUT2D eigenvalue weighted by Gasteiger charge is -2.31. The summed E-state index contributed by atoms with van der Waals surface area (Å²) < 4.78 is 13.7. The number of carboxylic acid groups (broad SMARTS) is 1. The third-order valence-corrected chi connectivity index (χ3v) is 4.11. The first-order valence-electron chi connectivity index (χ1n) is 7.24. The number of likely N-dealkylation sites (tertiary alicyclic amines) is 1. The third kappa shape index (κ3) is 3.80. The van der Waals surface area contributed by atoms with E-state index in [0.29, 0.717) is 31.5 Å². The summed E-state index contributed by atoms with van der Waals surface area (Å²) in [5, 5.41) is 8.94. The van der Waals surface area contributed by atoms with E-state index in [-0.39, 0.29) is 30.0 Å². The zero-order chi connectivity index (χ0) is 15.4. The minimum atomic E-state index is -0.790. The molecule has 4 nitrogen and oxygen atoms in total. The van der Waals surface area contributed by atoms with Gasteiger partial charge in [-0.1, -0.05) is 25.1 Å². The Morgan fingerprint density at radius 2 is 1.95 bits per heavy atom. The molecule has 0 bridgehead atoms. The Kier molecular flexibility index (Phi) is 4.94. The maximum atomic E-state index is 13.7. The molecule has 114 valence electrons. The first-order valence-corrected chi connectivity index (χ1v) is 7.24. The van der Waals surface area contributed by atoms with E-state index in [0.717, 1.165) is 0 Å². The molecule has 1 saturated heterocycles. The lowest BCUT2D eigenvalue weighted by molar-refractivity contribution is -0.145. The summed E-state index contributed by atoms with van der Waals surface area (Å²) in [6, 6.07) is 6.49. The van der Waals surface area contributed by atoms with Crippen LogP contribution in [-0.2, 0) is 9.59 Å². The molecular weight excluding hydrogens is 273 g/mol. The smallest absolute Gasteiger partial charge is 0.306 e. The third-order valence-electron chi connectivity index (χ3n) is 4.11. The summed E-state index contributed by atoms with van der Waals surface area (Å²) in [4.78, 5) is 24.8. The van der Waals surface area contributed by atoms with E-state index in [1.54, 1.807) is 23.1 Å². The Bertz CT molecular complexity index is 524. The van der Waals surface area contributed by atoms with Crippen molar-refractivity contribution < 1.29 is 19.1 Å². The van der Waals surface area contributed by atoms with E-state index in [1.165, 1.54) is 6.07 Å². The predicted molar refractivity (Wildman–Crippen MR) is 76.4 cm³/mol. The van der Waals surface area contributed by atoms with E-state index in [4.69, 9.17) is 5.11 Å². The molecule has 1 N–H and O–H groups in total. The van der Waals surface area contributed by atoms with Crippen molar-refractivity contribution >= 4 is 11.9 Å². The molecule has 1 amide bonds. The highest BCUT2D eigenvalue weighted by atomic mass is 19.1. The summed E-state index contributed by atoms with van der Waals surface area (Å²) in [5.41, 5.74) is 0.547. The Morgan fingerprint density at radius 1 is 1.33 bits per heavy atom. The van der Waals surface area contributed by atoms with Crippen LogP contribution in [0, 0.1) is 11.7 Å². The van der Waals surface area contributed by atoms with Gasteiger partial charge in [0.15, 0.2) is 0 Å². The second-order valence-electron chi connectivity index (χ2n) is 5.62. The van der Waals surface area contributed by atoms with Gasteiger partial charge >= 0.3 is 5.97 Å². The standard InChI is InChI=1S/C16H20FNO3/c1-11(13-4-2-3-5-14(13)17)10-15(19)18-8-6-12(7-9-18)16(20)21/h2-5,11-12H,6-10H2,1H3,(H,20,21)/t11-/m1/s1. The molecular formula is C16H20FNO3. The summed E-state index contributed by atoms with van der Waals surface area (Å²) in [6.07, 6.45) is 1.24. The molecule has 1 aromatic rings. The van der Waals surface area contributed by atoms with Crippen molar-refractivity contribution in [3.63, 3.8) is 0 Å². The van der Waals surface area contributed by atoms with Gasteiger partial charge in [0.25, 0.3) is 0 Å². The van der Waals surface area contributed by atoms with Crippen LogP contribution in [-0.4, -0.2) is 35.0 Å². The monoisotopic (exact) mass is 293 g/mol. The van der Waals surface area contributed by atoms with Gasteiger partial charge < -0.3 is 10.0 Å². The second kappa shape index (κ2) is 6.70. The predicted octanol–water partition coefficient (Wildman–Crippen LogP) is 2.64. The molecule has 0 radical (unpaired) electrons. The average Bonchev–Trinajstić information content (AvgIpc) is 2.47. The molecule has 1 aromatic carbocycles. The van der Waals surface area contributed by atoms with Gasteiger partial charge in [-0.05, 0) is 30.4 Å². The summed E-state index contributed by atoms with van der Waals surface area (Å²) in [5.74, 6) is -1.65. The zero-order valence-electron chi connectivity index (χ0n) is 12.1. The van der Waals surface area contributed by atoms with Crippen LogP contribution in [0.3, 0.4) is 0 Å². The number of nitrogens with zero attached hydrogens (tertiary/aromatic N) is 1. The van der Waals surface area contributed by atoms with E-state index in [1.807, 2.05) is 6.92 Å². The van der Waals surface area contributed by atoms with Crippen LogP contribution in [0.15, 0.2) is 24.3 Å². The number of hydrogen-bond donors (Lipinski definition) is 1. The topological polar surface area (TPSA) is 57.6 Å². The zero-order valence-corrected chi connectivity index (χ0v) is 12.1. The van der Waals surface area contributed by atoms with Crippen LogP contribution in [0.25, 0.3) is 0 Å². The van der Waals surface area contributed by atoms with Gasteiger partial charge in [0.2, 0.25) is 5.91 Å². The van der Waals surface area contributed by atoms with Crippen LogP contribution in [0.2, 0.25) is 0 Å². The van der Waals surface area contributed by atoms with E-state index >= 15 is 0 Å². The highest BCUT2D eigenvalue weighted by Gasteiger charge is 2.27. The normalized spacial score (nSPS) is 17.5. The lowest BCUT2D eigenvalue weighted by Crippen LogP contribution is -2.40. The Hall–Kier alpha value is -1.91.